The number of nitrogens with two attached hydrogens (primary N) is 1. The first-order valence-electron chi connectivity index (χ1n) is 9.08. The van der Waals surface area contributed by atoms with Gasteiger partial charge in [0.15, 0.2) is 0 Å². The molecule has 0 radical (unpaired) electrons. The van der Waals surface area contributed by atoms with Gasteiger partial charge in [-0.1, -0.05) is 19.9 Å². The summed E-state index contributed by atoms with van der Waals surface area (Å²) >= 11 is 0. The maximum absolute atomic E-state index is 12.4. The van der Waals surface area contributed by atoms with Gasteiger partial charge >= 0.3 is 10.3 Å². The molecule has 3 aliphatic carbocycles. The Morgan fingerprint density at radius 2 is 2.00 bits per heavy atom. The van der Waals surface area contributed by atoms with Crippen LogP contribution in [0.5, 0.6) is 5.75 Å². The van der Waals surface area contributed by atoms with Crippen LogP contribution in [-0.4, -0.2) is 14.2 Å². The molecule has 2 saturated carbocycles. The van der Waals surface area contributed by atoms with Gasteiger partial charge in [0.2, 0.25) is 0 Å². The van der Waals surface area contributed by atoms with E-state index in [-0.39, 0.29) is 11.2 Å². The molecule has 0 unspecified atom stereocenters. The largest absolute Gasteiger partial charge is 0.380 e. The van der Waals surface area contributed by atoms with E-state index in [0.717, 1.165) is 37.7 Å². The van der Waals surface area contributed by atoms with E-state index >= 15 is 0 Å². The van der Waals surface area contributed by atoms with Gasteiger partial charge in [0.05, 0.1) is 0 Å². The third kappa shape index (κ3) is 2.70. The van der Waals surface area contributed by atoms with Crippen LogP contribution in [0.3, 0.4) is 0 Å². The van der Waals surface area contributed by atoms with Gasteiger partial charge in [-0.05, 0) is 72.6 Å². The fraction of sp³-hybridized carbons (Fsp3) is 0.632. The van der Waals surface area contributed by atoms with Crippen molar-refractivity contribution < 1.29 is 17.4 Å². The Morgan fingerprint density at radius 1 is 1.24 bits per heavy atom. The molecule has 1 aromatic carbocycles. The minimum absolute atomic E-state index is 0.130. The van der Waals surface area contributed by atoms with E-state index in [9.17, 15) is 13.2 Å². The van der Waals surface area contributed by atoms with Crippen molar-refractivity contribution in [1.29, 1.82) is 0 Å². The van der Waals surface area contributed by atoms with Crippen LogP contribution >= 0.6 is 0 Å². The van der Waals surface area contributed by atoms with E-state index < -0.39 is 10.3 Å². The molecule has 2 N–H and O–H groups in total. The summed E-state index contributed by atoms with van der Waals surface area (Å²) in [6, 6.07) is 5.53. The summed E-state index contributed by atoms with van der Waals surface area (Å²) < 4.78 is 27.2. The SMILES string of the molecule is C[C@@H]1C[C@@H]2[C@H](CC[C@]3(C)C(=O)CC[C@@H]23)c2ccc(OS(N)(=O)=O)cc21. The van der Waals surface area contributed by atoms with Crippen molar-refractivity contribution in [1.82, 2.24) is 0 Å². The number of hydrogen-bond acceptors (Lipinski definition) is 4. The molecule has 0 amide bonds. The van der Waals surface area contributed by atoms with Gasteiger partial charge in [-0.2, -0.15) is 13.6 Å². The Balaban J connectivity index is 1.70. The van der Waals surface area contributed by atoms with Gasteiger partial charge in [-0.15, -0.1) is 0 Å². The quantitative estimate of drug-likeness (QED) is 0.874. The zero-order valence-corrected chi connectivity index (χ0v) is 15.5. The number of benzene rings is 1. The molecule has 0 saturated heterocycles. The molecule has 0 bridgehead atoms. The van der Waals surface area contributed by atoms with Crippen molar-refractivity contribution in [3.63, 3.8) is 0 Å². The second-order valence-electron chi connectivity index (χ2n) is 8.30. The van der Waals surface area contributed by atoms with Gasteiger partial charge in [0.1, 0.15) is 11.5 Å². The second kappa shape index (κ2) is 5.55. The number of Topliss-reactive ketones (excluding diaryl/α,β-unsaturated/α-hetero) is 1. The van der Waals surface area contributed by atoms with Crippen molar-refractivity contribution in [2.75, 3.05) is 0 Å². The Hall–Kier alpha value is -1.40. The lowest BCUT2D eigenvalue weighted by Gasteiger charge is -2.49. The lowest BCUT2D eigenvalue weighted by molar-refractivity contribution is -0.129. The van der Waals surface area contributed by atoms with E-state index in [1.807, 2.05) is 12.1 Å². The predicted molar refractivity (Wildman–Crippen MR) is 94.5 cm³/mol. The molecular weight excluding hydrogens is 338 g/mol. The topological polar surface area (TPSA) is 86.5 Å². The second-order valence-corrected chi connectivity index (χ2v) is 9.45. The zero-order chi connectivity index (χ0) is 18.0. The molecule has 5 atom stereocenters. The molecule has 0 spiro atoms. The average Bonchev–Trinajstić information content (AvgIpc) is 2.82. The Kier molecular flexibility index (Phi) is 3.78. The van der Waals surface area contributed by atoms with Crippen LogP contribution < -0.4 is 9.32 Å². The standard InChI is InChI=1S/C19H25NO4S/c1-11-9-16-14(7-8-19(2)17(16)5-6-18(19)21)13-4-3-12(10-15(11)13)24-25(20,22)23/h3-4,10-11,14,16-17H,5-9H2,1-2H3,(H2,20,22,23)/t11-,14-,16-,17+,19+/m1/s1. The third-order valence-electron chi connectivity index (χ3n) is 6.97. The molecule has 4 rings (SSSR count). The predicted octanol–water partition coefficient (Wildman–Crippen LogP) is 3.26. The van der Waals surface area contributed by atoms with Crippen molar-refractivity contribution in [2.45, 2.75) is 57.8 Å². The van der Waals surface area contributed by atoms with Gasteiger partial charge in [0.25, 0.3) is 0 Å². The monoisotopic (exact) mass is 363 g/mol. The number of hydrogen-bond donors (Lipinski definition) is 1. The summed E-state index contributed by atoms with van der Waals surface area (Å²) in [6.07, 6.45) is 4.78. The van der Waals surface area contributed by atoms with Gasteiger partial charge in [0, 0.05) is 11.8 Å². The lowest BCUT2D eigenvalue weighted by atomic mass is 9.54. The Morgan fingerprint density at radius 3 is 2.72 bits per heavy atom. The Labute approximate surface area is 149 Å². The minimum Gasteiger partial charge on any atom is -0.371 e. The highest BCUT2D eigenvalue weighted by atomic mass is 32.2. The first-order chi connectivity index (χ1) is 11.7. The fourth-order valence-corrected chi connectivity index (χ4v) is 6.18. The molecule has 25 heavy (non-hydrogen) atoms. The highest BCUT2D eigenvalue weighted by molar-refractivity contribution is 7.84. The number of carbonyl (C=O) groups excluding carboxylic acids is 1. The summed E-state index contributed by atoms with van der Waals surface area (Å²) in [5.41, 5.74) is 2.33. The molecule has 0 heterocycles. The van der Waals surface area contributed by atoms with Crippen molar-refractivity contribution in [3.05, 3.63) is 29.3 Å². The van der Waals surface area contributed by atoms with Gasteiger partial charge in [-0.3, -0.25) is 4.79 Å². The van der Waals surface area contributed by atoms with E-state index in [2.05, 4.69) is 13.8 Å². The van der Waals surface area contributed by atoms with Crippen LogP contribution in [-0.2, 0) is 15.1 Å². The van der Waals surface area contributed by atoms with E-state index in [4.69, 9.17) is 9.32 Å². The maximum atomic E-state index is 12.4. The fourth-order valence-electron chi connectivity index (χ4n) is 5.81. The minimum atomic E-state index is -4.01. The normalized spacial score (nSPS) is 37.2. The van der Waals surface area contributed by atoms with Gasteiger partial charge in [-0.25, -0.2) is 0 Å². The van der Waals surface area contributed by atoms with Crippen LogP contribution in [0.25, 0.3) is 0 Å². The summed E-state index contributed by atoms with van der Waals surface area (Å²) in [4.78, 5) is 12.4. The van der Waals surface area contributed by atoms with Crippen molar-refractivity contribution in [2.24, 2.45) is 22.4 Å². The van der Waals surface area contributed by atoms with E-state index in [0.29, 0.717) is 29.5 Å². The molecule has 2 fully saturated rings. The first kappa shape index (κ1) is 17.0. The van der Waals surface area contributed by atoms with Crippen LogP contribution in [0.4, 0.5) is 0 Å². The number of fused-ring (bicyclic) bond motifs is 5. The molecule has 1 aromatic rings. The number of ketones is 1. The number of rotatable bonds is 2. The highest BCUT2D eigenvalue weighted by Gasteiger charge is 2.55. The van der Waals surface area contributed by atoms with Gasteiger partial charge < -0.3 is 4.18 Å². The molecular formula is C19H25NO4S. The molecule has 0 aliphatic heterocycles. The zero-order valence-electron chi connectivity index (χ0n) is 14.7. The molecule has 136 valence electrons. The third-order valence-corrected chi connectivity index (χ3v) is 7.40. The van der Waals surface area contributed by atoms with Crippen LogP contribution in [0.2, 0.25) is 0 Å². The molecule has 0 aromatic heterocycles. The maximum Gasteiger partial charge on any atom is 0.380 e. The average molecular weight is 363 g/mol. The van der Waals surface area contributed by atoms with Crippen LogP contribution in [0.15, 0.2) is 18.2 Å². The molecule has 3 aliphatic rings. The van der Waals surface area contributed by atoms with E-state index in [1.54, 1.807) is 6.07 Å². The summed E-state index contributed by atoms with van der Waals surface area (Å²) in [6.45, 7) is 4.35. The van der Waals surface area contributed by atoms with Crippen molar-refractivity contribution in [3.8, 4) is 5.75 Å². The first-order valence-corrected chi connectivity index (χ1v) is 10.6. The summed E-state index contributed by atoms with van der Waals surface area (Å²) in [5, 5.41) is 4.99. The van der Waals surface area contributed by atoms with Crippen molar-refractivity contribution >= 4 is 16.1 Å². The summed E-state index contributed by atoms with van der Waals surface area (Å²) in [7, 11) is -4.01. The summed E-state index contributed by atoms with van der Waals surface area (Å²) in [5.74, 6) is 2.53. The smallest absolute Gasteiger partial charge is 0.371 e. The molecule has 6 heteroatoms. The number of carbonyl (C=O) groups is 1. The molecule has 5 nitrogen and oxygen atoms in total. The lowest BCUT2D eigenvalue weighted by Crippen LogP contribution is -2.42. The van der Waals surface area contributed by atoms with Crippen LogP contribution in [0.1, 0.15) is 68.9 Å². The van der Waals surface area contributed by atoms with Crippen LogP contribution in [0, 0.1) is 17.3 Å². The Bertz CT molecular complexity index is 834. The van der Waals surface area contributed by atoms with E-state index in [1.165, 1.54) is 5.56 Å². The highest BCUT2D eigenvalue weighted by Crippen LogP contribution is 2.61.